The maximum atomic E-state index is 12.6. The van der Waals surface area contributed by atoms with E-state index in [4.69, 9.17) is 4.74 Å². The third kappa shape index (κ3) is 3.04. The molecule has 0 aliphatic carbocycles. The van der Waals surface area contributed by atoms with Gasteiger partial charge in [0.15, 0.2) is 5.75 Å². The molecule has 1 atom stereocenters. The highest BCUT2D eigenvalue weighted by Crippen LogP contribution is 2.31. The van der Waals surface area contributed by atoms with Crippen LogP contribution in [-0.2, 0) is 16.6 Å². The van der Waals surface area contributed by atoms with Crippen LogP contribution in [0.4, 0.5) is 5.69 Å². The average Bonchev–Trinajstić information content (AvgIpc) is 3.05. The fourth-order valence-corrected chi connectivity index (χ4v) is 3.21. The van der Waals surface area contributed by atoms with E-state index in [2.05, 4.69) is 5.10 Å². The summed E-state index contributed by atoms with van der Waals surface area (Å²) in [6.07, 6.45) is 0.171. The molecule has 0 bridgehead atoms. The largest absolute Gasteiger partial charge is 0.422 e. The molecular weight excluding hydrogens is 318 g/mol. The van der Waals surface area contributed by atoms with Crippen LogP contribution in [0.1, 0.15) is 28.9 Å². The number of rotatable bonds is 3. The minimum atomic E-state index is -0.466. The van der Waals surface area contributed by atoms with Crippen molar-refractivity contribution in [1.29, 1.82) is 0 Å². The van der Waals surface area contributed by atoms with Gasteiger partial charge in [0.25, 0.3) is 0 Å². The average molecular weight is 341 g/mol. The first-order valence-corrected chi connectivity index (χ1v) is 8.38. The zero-order valence-corrected chi connectivity index (χ0v) is 15.3. The van der Waals surface area contributed by atoms with E-state index < -0.39 is 5.92 Å². The minimum absolute atomic E-state index is 0.0460. The second-order valence-corrected chi connectivity index (χ2v) is 6.67. The van der Waals surface area contributed by atoms with Crippen molar-refractivity contribution in [2.24, 2.45) is 13.0 Å². The summed E-state index contributed by atoms with van der Waals surface area (Å²) >= 11 is 0. The van der Waals surface area contributed by atoms with E-state index in [9.17, 15) is 9.59 Å². The van der Waals surface area contributed by atoms with Gasteiger partial charge in [0.1, 0.15) is 5.69 Å². The number of anilines is 1. The van der Waals surface area contributed by atoms with Crippen molar-refractivity contribution < 1.29 is 14.3 Å². The topological polar surface area (TPSA) is 64.4 Å². The molecule has 0 saturated carbocycles. The number of carbonyl (C=O) groups excluding carboxylic acids is 2. The maximum Gasteiger partial charge on any atom is 0.316 e. The quantitative estimate of drug-likeness (QED) is 0.805. The van der Waals surface area contributed by atoms with E-state index in [0.717, 1.165) is 22.5 Å². The van der Waals surface area contributed by atoms with Crippen LogP contribution in [0.3, 0.4) is 0 Å². The maximum absolute atomic E-state index is 12.6. The van der Waals surface area contributed by atoms with Crippen molar-refractivity contribution in [2.75, 3.05) is 11.4 Å². The van der Waals surface area contributed by atoms with Gasteiger partial charge >= 0.3 is 5.97 Å². The summed E-state index contributed by atoms with van der Waals surface area (Å²) in [6.45, 7) is 8.01. The second kappa shape index (κ2) is 6.35. The van der Waals surface area contributed by atoms with Gasteiger partial charge in [-0.1, -0.05) is 12.1 Å². The van der Waals surface area contributed by atoms with Crippen LogP contribution < -0.4 is 9.64 Å². The van der Waals surface area contributed by atoms with Gasteiger partial charge in [-0.15, -0.1) is 0 Å². The number of aromatic nitrogens is 2. The van der Waals surface area contributed by atoms with Crippen LogP contribution in [0.5, 0.6) is 5.75 Å². The third-order valence-electron chi connectivity index (χ3n) is 4.97. The minimum Gasteiger partial charge on any atom is -0.422 e. The van der Waals surface area contributed by atoms with Gasteiger partial charge in [-0.25, -0.2) is 0 Å². The Morgan fingerprint density at radius 3 is 2.60 bits per heavy atom. The van der Waals surface area contributed by atoms with Crippen molar-refractivity contribution in [1.82, 2.24) is 9.78 Å². The monoisotopic (exact) mass is 341 g/mol. The van der Waals surface area contributed by atoms with Gasteiger partial charge in [-0.2, -0.15) is 5.10 Å². The summed E-state index contributed by atoms with van der Waals surface area (Å²) in [6, 6.07) is 5.86. The molecule has 3 rings (SSSR count). The molecule has 2 heterocycles. The molecule has 0 N–H and O–H groups in total. The van der Waals surface area contributed by atoms with Crippen LogP contribution in [0, 0.1) is 33.6 Å². The fraction of sp³-hybridized carbons (Fsp3) is 0.421. The van der Waals surface area contributed by atoms with Crippen LogP contribution in [0.2, 0.25) is 0 Å². The first-order valence-electron chi connectivity index (χ1n) is 8.38. The molecule has 1 saturated heterocycles. The molecule has 0 spiro atoms. The third-order valence-corrected chi connectivity index (χ3v) is 4.97. The summed E-state index contributed by atoms with van der Waals surface area (Å²) < 4.78 is 7.25. The van der Waals surface area contributed by atoms with E-state index in [1.165, 1.54) is 0 Å². The highest BCUT2D eigenvalue weighted by atomic mass is 16.5. The molecule has 25 heavy (non-hydrogen) atoms. The summed E-state index contributed by atoms with van der Waals surface area (Å²) in [5.74, 6) is -0.396. The normalized spacial score (nSPS) is 17.2. The highest BCUT2D eigenvalue weighted by molar-refractivity contribution is 6.00. The number of ether oxygens (including phenoxy) is 1. The molecular formula is C19H23N3O3. The molecule has 6 heteroatoms. The van der Waals surface area contributed by atoms with Crippen LogP contribution >= 0.6 is 0 Å². The Kier molecular flexibility index (Phi) is 4.37. The smallest absolute Gasteiger partial charge is 0.316 e. The van der Waals surface area contributed by atoms with Gasteiger partial charge in [-0.3, -0.25) is 14.3 Å². The van der Waals surface area contributed by atoms with Gasteiger partial charge in [-0.05, 0) is 44.9 Å². The Bertz CT molecular complexity index is 854. The lowest BCUT2D eigenvalue weighted by atomic mass is 10.1. The zero-order chi connectivity index (χ0) is 18.3. The number of benzene rings is 1. The molecule has 1 aliphatic heterocycles. The van der Waals surface area contributed by atoms with Crippen molar-refractivity contribution in [3.05, 3.63) is 40.7 Å². The van der Waals surface area contributed by atoms with Crippen molar-refractivity contribution >= 4 is 17.6 Å². The van der Waals surface area contributed by atoms with Gasteiger partial charge in [0.2, 0.25) is 5.91 Å². The van der Waals surface area contributed by atoms with Crippen LogP contribution in [-0.4, -0.2) is 28.2 Å². The molecule has 2 aromatic rings. The SMILES string of the molecule is Cc1cccc(N2C[C@H](C(=O)Oc3c(C)nn(C)c3C)CC2=O)c1C. The number of amides is 1. The van der Waals surface area contributed by atoms with Crippen LogP contribution in [0.15, 0.2) is 18.2 Å². The summed E-state index contributed by atoms with van der Waals surface area (Å²) in [7, 11) is 1.81. The molecule has 0 radical (unpaired) electrons. The molecule has 1 fully saturated rings. The summed E-state index contributed by atoms with van der Waals surface area (Å²) in [5, 5.41) is 4.25. The Morgan fingerprint density at radius 2 is 1.96 bits per heavy atom. The molecule has 6 nitrogen and oxygen atoms in total. The molecule has 1 aromatic carbocycles. The highest BCUT2D eigenvalue weighted by Gasteiger charge is 2.37. The van der Waals surface area contributed by atoms with Gasteiger partial charge in [0, 0.05) is 25.7 Å². The van der Waals surface area contributed by atoms with E-state index >= 15 is 0 Å². The van der Waals surface area contributed by atoms with Crippen molar-refractivity contribution in [3.8, 4) is 5.75 Å². The fourth-order valence-electron chi connectivity index (χ4n) is 3.21. The molecule has 1 aromatic heterocycles. The Hall–Kier alpha value is -2.63. The number of aryl methyl sites for hydroxylation is 3. The van der Waals surface area contributed by atoms with E-state index in [1.54, 1.807) is 23.6 Å². The Labute approximate surface area is 147 Å². The van der Waals surface area contributed by atoms with E-state index in [1.807, 2.05) is 39.0 Å². The molecule has 1 aliphatic rings. The van der Waals surface area contributed by atoms with E-state index in [0.29, 0.717) is 18.0 Å². The number of hydrogen-bond acceptors (Lipinski definition) is 4. The standard InChI is InChI=1S/C19H23N3O3/c1-11-7-6-8-16(12(11)2)22-10-15(9-17(22)23)19(24)25-18-13(3)20-21(5)14(18)4/h6-8,15H,9-10H2,1-5H3/t15-/m1/s1. The Balaban J connectivity index is 1.78. The van der Waals surface area contributed by atoms with Gasteiger partial charge in [0.05, 0.1) is 11.6 Å². The van der Waals surface area contributed by atoms with Crippen LogP contribution in [0.25, 0.3) is 0 Å². The second-order valence-electron chi connectivity index (χ2n) is 6.67. The lowest BCUT2D eigenvalue weighted by Crippen LogP contribution is -2.28. The first-order chi connectivity index (χ1) is 11.8. The summed E-state index contributed by atoms with van der Waals surface area (Å²) in [5.41, 5.74) is 4.52. The molecule has 0 unspecified atom stereocenters. The molecule has 1 amide bonds. The predicted molar refractivity (Wildman–Crippen MR) is 94.7 cm³/mol. The van der Waals surface area contributed by atoms with E-state index in [-0.39, 0.29) is 18.3 Å². The lowest BCUT2D eigenvalue weighted by molar-refractivity contribution is -0.139. The zero-order valence-electron chi connectivity index (χ0n) is 15.3. The lowest BCUT2D eigenvalue weighted by Gasteiger charge is -2.20. The Morgan fingerprint density at radius 1 is 1.24 bits per heavy atom. The van der Waals surface area contributed by atoms with Gasteiger partial charge < -0.3 is 9.64 Å². The number of nitrogens with zero attached hydrogens (tertiary/aromatic N) is 3. The first kappa shape index (κ1) is 17.2. The predicted octanol–water partition coefficient (Wildman–Crippen LogP) is 2.61. The summed E-state index contributed by atoms with van der Waals surface area (Å²) in [4.78, 5) is 26.7. The number of hydrogen-bond donors (Lipinski definition) is 0. The molecule has 132 valence electrons. The number of esters is 1. The number of carbonyl (C=O) groups is 2. The van der Waals surface area contributed by atoms with Crippen molar-refractivity contribution in [3.63, 3.8) is 0 Å². The van der Waals surface area contributed by atoms with Crippen molar-refractivity contribution in [2.45, 2.75) is 34.1 Å².